The van der Waals surface area contributed by atoms with Gasteiger partial charge in [-0.05, 0) is 6.42 Å². The Hall–Kier alpha value is -2.68. The average molecular weight is 495 g/mol. The number of allylic oxidation sites excluding steroid dienone is 18. The zero-order valence-corrected chi connectivity index (χ0v) is 22.1. The van der Waals surface area contributed by atoms with Crippen molar-refractivity contribution < 1.29 is 10.2 Å². The lowest BCUT2D eigenvalue weighted by molar-refractivity contribution is -0.322. The Morgan fingerprint density at radius 1 is 0.459 bits per heavy atom. The van der Waals surface area contributed by atoms with Crippen LogP contribution in [0, 0.1) is 40.4 Å². The van der Waals surface area contributed by atoms with Gasteiger partial charge >= 0.3 is 0 Å². The van der Waals surface area contributed by atoms with E-state index >= 15 is 0 Å². The lowest BCUT2D eigenvalue weighted by Crippen LogP contribution is -2.69. The first-order valence-electron chi connectivity index (χ1n) is 14.3. The van der Waals surface area contributed by atoms with Crippen LogP contribution in [0.5, 0.6) is 0 Å². The monoisotopic (exact) mass is 494 g/mol. The summed E-state index contributed by atoms with van der Waals surface area (Å²) in [4.78, 5) is 0. The lowest BCUT2D eigenvalue weighted by Gasteiger charge is -2.65. The second-order valence-electron chi connectivity index (χ2n) is 11.3. The van der Waals surface area contributed by atoms with Crippen LogP contribution in [-0.4, -0.2) is 16.0 Å². The molecule has 194 valence electrons. The molecule has 0 spiro atoms. The zero-order chi connectivity index (χ0) is 25.8. The smallest absolute Gasteiger partial charge is 0.180 e. The van der Waals surface area contributed by atoms with Gasteiger partial charge in [-0.25, -0.2) is 0 Å². The molecule has 37 heavy (non-hydrogen) atoms. The molecule has 0 heterocycles. The molecule has 0 unspecified atom stereocenters. The van der Waals surface area contributed by atoms with E-state index in [1.54, 1.807) is 0 Å². The molecule has 0 aromatic heterocycles. The van der Waals surface area contributed by atoms with Crippen molar-refractivity contribution in [3.8, 4) is 0 Å². The predicted molar refractivity (Wildman–Crippen MR) is 154 cm³/mol. The Labute approximate surface area is 223 Å². The highest BCUT2D eigenvalue weighted by molar-refractivity contribution is 5.41. The summed E-state index contributed by atoms with van der Waals surface area (Å²) in [7, 11) is 0. The van der Waals surface area contributed by atoms with Crippen molar-refractivity contribution in [3.63, 3.8) is 0 Å². The van der Waals surface area contributed by atoms with Crippen LogP contribution in [0.2, 0.25) is 0 Å². The second-order valence-corrected chi connectivity index (χ2v) is 11.3. The first kappa shape index (κ1) is 25.9. The van der Waals surface area contributed by atoms with Crippen molar-refractivity contribution in [2.24, 2.45) is 40.4 Å². The minimum Gasteiger partial charge on any atom is -0.364 e. The first-order chi connectivity index (χ1) is 18.1. The minimum absolute atomic E-state index is 0.0777. The van der Waals surface area contributed by atoms with Gasteiger partial charge in [-0.15, -0.1) is 0 Å². The van der Waals surface area contributed by atoms with Gasteiger partial charge in [0.15, 0.2) is 5.79 Å². The fraction of sp³-hybridized carbons (Fsp3) is 0.429. The summed E-state index contributed by atoms with van der Waals surface area (Å²) in [6.45, 7) is 2.25. The second kappa shape index (κ2) is 11.0. The van der Waals surface area contributed by atoms with Crippen molar-refractivity contribution in [2.45, 2.75) is 51.2 Å². The van der Waals surface area contributed by atoms with E-state index in [9.17, 15) is 10.2 Å². The summed E-state index contributed by atoms with van der Waals surface area (Å²) < 4.78 is 0. The highest BCUT2D eigenvalue weighted by Crippen LogP contribution is 2.70. The maximum Gasteiger partial charge on any atom is 0.180 e. The molecule has 5 rings (SSSR count). The van der Waals surface area contributed by atoms with Crippen LogP contribution in [0.3, 0.4) is 0 Å². The van der Waals surface area contributed by atoms with Gasteiger partial charge in [0.25, 0.3) is 0 Å². The molecular weight excluding hydrogens is 452 g/mol. The van der Waals surface area contributed by atoms with Crippen molar-refractivity contribution in [1.82, 2.24) is 0 Å². The molecule has 5 aliphatic rings. The molecule has 0 atom stereocenters. The first-order valence-corrected chi connectivity index (χ1v) is 14.3. The molecule has 0 amide bonds. The summed E-state index contributed by atoms with van der Waals surface area (Å²) in [5.41, 5.74) is -1.41. The highest BCUT2D eigenvalue weighted by atomic mass is 16.5. The van der Waals surface area contributed by atoms with E-state index in [4.69, 9.17) is 0 Å². The Bertz CT molecular complexity index is 1000. The van der Waals surface area contributed by atoms with Crippen molar-refractivity contribution >= 4 is 0 Å². The molecule has 0 aromatic carbocycles. The summed E-state index contributed by atoms with van der Waals surface area (Å²) in [6.07, 6.45) is 49.7. The van der Waals surface area contributed by atoms with Crippen molar-refractivity contribution in [1.29, 1.82) is 0 Å². The maximum absolute atomic E-state index is 12.8. The number of hydrogen-bond acceptors (Lipinski definition) is 2. The Morgan fingerprint density at radius 2 is 0.811 bits per heavy atom. The van der Waals surface area contributed by atoms with E-state index in [0.29, 0.717) is 0 Å². The third kappa shape index (κ3) is 4.19. The van der Waals surface area contributed by atoms with Gasteiger partial charge in [0, 0.05) is 35.0 Å². The van der Waals surface area contributed by atoms with Crippen LogP contribution >= 0.6 is 0 Å². The fourth-order valence-electron chi connectivity index (χ4n) is 8.01. The van der Waals surface area contributed by atoms with Gasteiger partial charge < -0.3 is 10.2 Å². The van der Waals surface area contributed by atoms with Crippen molar-refractivity contribution in [3.05, 3.63) is 122 Å². The van der Waals surface area contributed by atoms with Gasteiger partial charge in [-0.3, -0.25) is 0 Å². The molecule has 0 aromatic rings. The van der Waals surface area contributed by atoms with Gasteiger partial charge in [0.1, 0.15) is 0 Å². The molecule has 2 N–H and O–H groups in total. The summed E-state index contributed by atoms with van der Waals surface area (Å²) in [5, 5.41) is 25.5. The van der Waals surface area contributed by atoms with Crippen LogP contribution < -0.4 is 0 Å². The Morgan fingerprint density at radius 3 is 1.22 bits per heavy atom. The maximum atomic E-state index is 12.8. The molecule has 0 aliphatic heterocycles. The van der Waals surface area contributed by atoms with Gasteiger partial charge in [0.2, 0.25) is 0 Å². The van der Waals surface area contributed by atoms with Gasteiger partial charge in [0.05, 0.1) is 5.41 Å². The van der Waals surface area contributed by atoms with Crippen LogP contribution in [0.25, 0.3) is 0 Å². The Balaban J connectivity index is 1.78. The van der Waals surface area contributed by atoms with E-state index in [0.717, 1.165) is 19.3 Å². The van der Waals surface area contributed by atoms with Crippen LogP contribution in [0.4, 0.5) is 0 Å². The topological polar surface area (TPSA) is 40.5 Å². The quantitative estimate of drug-likeness (QED) is 0.203. The minimum atomic E-state index is -2.00. The Kier molecular flexibility index (Phi) is 7.70. The molecule has 0 radical (unpaired) electrons. The largest absolute Gasteiger partial charge is 0.364 e. The lowest BCUT2D eigenvalue weighted by atomic mass is 9.39. The number of rotatable bonds is 13. The third-order valence-corrected chi connectivity index (χ3v) is 9.52. The molecule has 0 saturated carbocycles. The van der Waals surface area contributed by atoms with Crippen LogP contribution in [-0.2, 0) is 0 Å². The summed E-state index contributed by atoms with van der Waals surface area (Å²) in [5.74, 6) is -2.60. The van der Waals surface area contributed by atoms with Crippen LogP contribution in [0.1, 0.15) is 45.4 Å². The molecule has 2 heteroatoms. The van der Waals surface area contributed by atoms with Crippen molar-refractivity contribution in [2.75, 3.05) is 0 Å². The van der Waals surface area contributed by atoms with E-state index < -0.39 is 22.5 Å². The number of hydrogen-bond donors (Lipinski definition) is 2. The van der Waals surface area contributed by atoms with Gasteiger partial charge in [-0.2, -0.15) is 0 Å². The molecule has 2 nitrogen and oxygen atoms in total. The van der Waals surface area contributed by atoms with E-state index in [1.807, 2.05) is 24.3 Å². The zero-order valence-electron chi connectivity index (χ0n) is 22.1. The standard InChI is InChI=1S/C35H42O2/c1-2-3-4-5-16-27-33(28-17-6-7-18-28,29-19-8-9-20-29)34(30-21-10-11-22-30,31-23-12-13-24-31)35(36,37)32-25-14-15-26-32/h6-15,17-26,28-32,36-37H,2-5,16,27H2,1H3. The van der Waals surface area contributed by atoms with Crippen LogP contribution in [0.15, 0.2) is 122 Å². The molecular formula is C35H42O2. The molecule has 5 aliphatic carbocycles. The average Bonchev–Trinajstić information content (AvgIpc) is 3.72. The SMILES string of the molecule is CCCCCCCC(C1C=CC=C1)(C1C=CC=C1)C(C1C=CC=C1)(C1C=CC=C1)C(O)(O)C1C=CC=C1. The fourth-order valence-corrected chi connectivity index (χ4v) is 8.01. The van der Waals surface area contributed by atoms with E-state index in [-0.39, 0.29) is 23.7 Å². The van der Waals surface area contributed by atoms with Gasteiger partial charge in [-0.1, -0.05) is 161 Å². The highest BCUT2D eigenvalue weighted by Gasteiger charge is 2.71. The number of aliphatic hydroxyl groups is 2. The van der Waals surface area contributed by atoms with E-state index in [1.165, 1.54) is 19.3 Å². The summed E-state index contributed by atoms with van der Waals surface area (Å²) >= 11 is 0. The summed E-state index contributed by atoms with van der Waals surface area (Å²) in [6, 6.07) is 0. The molecule has 0 saturated heterocycles. The molecule has 0 bridgehead atoms. The molecule has 0 fully saturated rings. The number of unbranched alkanes of at least 4 members (excludes halogenated alkanes) is 4. The predicted octanol–water partition coefficient (Wildman–Crippen LogP) is 7.71. The normalized spacial score (nSPS) is 22.0. The third-order valence-electron chi connectivity index (χ3n) is 9.52. The van der Waals surface area contributed by atoms with E-state index in [2.05, 4.69) is 104 Å².